The van der Waals surface area contributed by atoms with E-state index in [9.17, 15) is 4.79 Å². The predicted octanol–water partition coefficient (Wildman–Crippen LogP) is 2.94. The van der Waals surface area contributed by atoms with Crippen LogP contribution in [0.1, 0.15) is 12.5 Å². The van der Waals surface area contributed by atoms with Crippen LogP contribution in [0.2, 0.25) is 0 Å². The van der Waals surface area contributed by atoms with Gasteiger partial charge in [-0.05, 0) is 29.8 Å². The Labute approximate surface area is 146 Å². The van der Waals surface area contributed by atoms with Gasteiger partial charge in [-0.2, -0.15) is 0 Å². The molecule has 1 amide bonds. The van der Waals surface area contributed by atoms with Crippen molar-refractivity contribution >= 4 is 22.5 Å². The molecule has 2 aromatic carbocycles. The summed E-state index contributed by atoms with van der Waals surface area (Å²) in [6.45, 7) is 2.82. The maximum absolute atomic E-state index is 11.1. The normalized spacial score (nSPS) is 10.8. The highest BCUT2D eigenvalue weighted by atomic mass is 16.3. The highest BCUT2D eigenvalue weighted by molar-refractivity contribution is 5.89. The highest BCUT2D eigenvalue weighted by Crippen LogP contribution is 2.26. The van der Waals surface area contributed by atoms with Crippen molar-refractivity contribution in [2.24, 2.45) is 0 Å². The number of pyridine rings is 1. The van der Waals surface area contributed by atoms with Crippen LogP contribution in [0.25, 0.3) is 22.2 Å². The lowest BCUT2D eigenvalue weighted by atomic mass is 10.0. The number of aliphatic hydroxyl groups excluding tert-OH is 1. The number of amides is 1. The molecule has 0 saturated heterocycles. The molecule has 0 atom stereocenters. The molecule has 0 bridgehead atoms. The summed E-state index contributed by atoms with van der Waals surface area (Å²) in [5, 5.41) is 16.1. The van der Waals surface area contributed by atoms with E-state index in [-0.39, 0.29) is 12.5 Å². The molecule has 0 aliphatic rings. The van der Waals surface area contributed by atoms with Gasteiger partial charge in [0.2, 0.25) is 5.91 Å². The van der Waals surface area contributed by atoms with Gasteiger partial charge in [0.15, 0.2) is 0 Å². The lowest BCUT2D eigenvalue weighted by Gasteiger charge is -2.11. The first-order valence-corrected chi connectivity index (χ1v) is 8.25. The average molecular weight is 335 g/mol. The van der Waals surface area contributed by atoms with E-state index >= 15 is 0 Å². The van der Waals surface area contributed by atoms with Crippen molar-refractivity contribution in [2.75, 3.05) is 18.5 Å². The van der Waals surface area contributed by atoms with Gasteiger partial charge in [0.05, 0.1) is 17.8 Å². The van der Waals surface area contributed by atoms with E-state index in [4.69, 9.17) is 10.1 Å². The van der Waals surface area contributed by atoms with Crippen molar-refractivity contribution in [2.45, 2.75) is 13.5 Å². The third-order valence-corrected chi connectivity index (χ3v) is 3.91. The molecule has 25 heavy (non-hydrogen) atoms. The largest absolute Gasteiger partial charge is 0.395 e. The van der Waals surface area contributed by atoms with Gasteiger partial charge in [-0.25, -0.2) is 4.98 Å². The van der Waals surface area contributed by atoms with E-state index in [0.29, 0.717) is 13.1 Å². The van der Waals surface area contributed by atoms with Gasteiger partial charge in [-0.1, -0.05) is 30.3 Å². The molecule has 3 rings (SSSR count). The number of benzene rings is 2. The first-order chi connectivity index (χ1) is 12.2. The molecule has 1 aromatic heterocycles. The third-order valence-electron chi connectivity index (χ3n) is 3.91. The molecule has 5 nitrogen and oxygen atoms in total. The lowest BCUT2D eigenvalue weighted by molar-refractivity contribution is -0.114. The summed E-state index contributed by atoms with van der Waals surface area (Å²) in [5.74, 6) is -0.0891. The van der Waals surface area contributed by atoms with Crippen molar-refractivity contribution in [3.8, 4) is 11.3 Å². The Hall–Kier alpha value is -2.76. The summed E-state index contributed by atoms with van der Waals surface area (Å²) in [6.07, 6.45) is 0. The Balaban J connectivity index is 1.96. The van der Waals surface area contributed by atoms with E-state index in [1.807, 2.05) is 42.5 Å². The molecule has 0 aliphatic carbocycles. The van der Waals surface area contributed by atoms with Crippen molar-refractivity contribution in [3.63, 3.8) is 0 Å². The summed E-state index contributed by atoms with van der Waals surface area (Å²) in [5.41, 5.74) is 4.71. The molecule has 0 unspecified atom stereocenters. The SMILES string of the molecule is CC(=O)Nc1ccc(-c2cc(CNCCO)c3ccccc3n2)cc1. The second-order valence-electron chi connectivity index (χ2n) is 5.84. The van der Waals surface area contributed by atoms with Gasteiger partial charge >= 0.3 is 0 Å². The number of para-hydroxylation sites is 1. The van der Waals surface area contributed by atoms with Gasteiger partial charge in [-0.3, -0.25) is 4.79 Å². The van der Waals surface area contributed by atoms with Gasteiger partial charge in [0, 0.05) is 36.7 Å². The van der Waals surface area contributed by atoms with Crippen LogP contribution < -0.4 is 10.6 Å². The Morgan fingerprint density at radius 2 is 1.88 bits per heavy atom. The van der Waals surface area contributed by atoms with Gasteiger partial charge in [0.1, 0.15) is 0 Å². The Morgan fingerprint density at radius 1 is 1.12 bits per heavy atom. The van der Waals surface area contributed by atoms with E-state index < -0.39 is 0 Å². The number of nitrogens with zero attached hydrogens (tertiary/aromatic N) is 1. The first-order valence-electron chi connectivity index (χ1n) is 8.25. The second kappa shape index (κ2) is 7.88. The Morgan fingerprint density at radius 3 is 2.60 bits per heavy atom. The molecule has 128 valence electrons. The molecule has 0 radical (unpaired) electrons. The van der Waals surface area contributed by atoms with Gasteiger partial charge in [0.25, 0.3) is 0 Å². The number of aliphatic hydroxyl groups is 1. The van der Waals surface area contributed by atoms with Crippen LogP contribution in [0.3, 0.4) is 0 Å². The minimum absolute atomic E-state index is 0.0891. The van der Waals surface area contributed by atoms with Crippen LogP contribution in [-0.2, 0) is 11.3 Å². The standard InChI is InChI=1S/C20H21N3O2/c1-14(25)22-17-8-6-15(7-9-17)20-12-16(13-21-10-11-24)18-4-2-3-5-19(18)23-20/h2-9,12,21,24H,10-11,13H2,1H3,(H,22,25). The predicted molar refractivity (Wildman–Crippen MR) is 100 cm³/mol. The average Bonchev–Trinajstić information content (AvgIpc) is 2.62. The minimum Gasteiger partial charge on any atom is -0.395 e. The van der Waals surface area contributed by atoms with E-state index in [0.717, 1.165) is 33.4 Å². The maximum Gasteiger partial charge on any atom is 0.221 e. The monoisotopic (exact) mass is 335 g/mol. The fourth-order valence-corrected chi connectivity index (χ4v) is 2.77. The summed E-state index contributed by atoms with van der Waals surface area (Å²) >= 11 is 0. The van der Waals surface area contributed by atoms with Crippen LogP contribution in [0.15, 0.2) is 54.6 Å². The molecule has 0 aliphatic heterocycles. The summed E-state index contributed by atoms with van der Waals surface area (Å²) in [7, 11) is 0. The smallest absolute Gasteiger partial charge is 0.221 e. The summed E-state index contributed by atoms with van der Waals surface area (Å²) in [6, 6.07) is 17.8. The van der Waals surface area contributed by atoms with Gasteiger partial charge in [-0.15, -0.1) is 0 Å². The van der Waals surface area contributed by atoms with Crippen LogP contribution >= 0.6 is 0 Å². The molecule has 3 aromatic rings. The van der Waals surface area contributed by atoms with Crippen molar-refractivity contribution < 1.29 is 9.90 Å². The summed E-state index contributed by atoms with van der Waals surface area (Å²) < 4.78 is 0. The zero-order chi connectivity index (χ0) is 17.6. The number of fused-ring (bicyclic) bond motifs is 1. The lowest BCUT2D eigenvalue weighted by Crippen LogP contribution is -2.17. The van der Waals surface area contributed by atoms with Crippen LogP contribution in [0.4, 0.5) is 5.69 Å². The zero-order valence-electron chi connectivity index (χ0n) is 14.1. The topological polar surface area (TPSA) is 74.2 Å². The molecule has 1 heterocycles. The number of aromatic nitrogens is 1. The number of hydrogen-bond donors (Lipinski definition) is 3. The van der Waals surface area contributed by atoms with Crippen LogP contribution in [0, 0.1) is 0 Å². The first kappa shape index (κ1) is 17.1. The number of rotatable bonds is 6. The Kier molecular flexibility index (Phi) is 5.38. The van der Waals surface area contributed by atoms with Crippen molar-refractivity contribution in [1.82, 2.24) is 10.3 Å². The molecule has 0 fully saturated rings. The minimum atomic E-state index is -0.0891. The van der Waals surface area contributed by atoms with Crippen molar-refractivity contribution in [1.29, 1.82) is 0 Å². The van der Waals surface area contributed by atoms with E-state index in [1.165, 1.54) is 6.92 Å². The quantitative estimate of drug-likeness (QED) is 0.606. The maximum atomic E-state index is 11.1. The van der Waals surface area contributed by atoms with Crippen LogP contribution in [-0.4, -0.2) is 29.1 Å². The molecular formula is C20H21N3O2. The zero-order valence-corrected chi connectivity index (χ0v) is 14.1. The molecular weight excluding hydrogens is 314 g/mol. The van der Waals surface area contributed by atoms with Crippen molar-refractivity contribution in [3.05, 3.63) is 60.2 Å². The van der Waals surface area contributed by atoms with Gasteiger partial charge < -0.3 is 15.7 Å². The number of nitrogens with one attached hydrogen (secondary N) is 2. The van der Waals surface area contributed by atoms with E-state index in [2.05, 4.69) is 22.8 Å². The number of hydrogen-bond acceptors (Lipinski definition) is 4. The highest BCUT2D eigenvalue weighted by Gasteiger charge is 2.08. The molecule has 5 heteroatoms. The van der Waals surface area contributed by atoms with Crippen LogP contribution in [0.5, 0.6) is 0 Å². The molecule has 0 spiro atoms. The molecule has 0 saturated carbocycles. The third kappa shape index (κ3) is 4.21. The fraction of sp³-hybridized carbons (Fsp3) is 0.200. The number of carbonyl (C=O) groups is 1. The fourth-order valence-electron chi connectivity index (χ4n) is 2.77. The number of carbonyl (C=O) groups excluding carboxylic acids is 1. The van der Waals surface area contributed by atoms with E-state index in [1.54, 1.807) is 0 Å². The Bertz CT molecular complexity index is 876. The number of anilines is 1. The summed E-state index contributed by atoms with van der Waals surface area (Å²) in [4.78, 5) is 15.9. The second-order valence-corrected chi connectivity index (χ2v) is 5.84. The molecule has 3 N–H and O–H groups in total.